The molecule has 0 radical (unpaired) electrons. The molecule has 0 aromatic carbocycles. The Morgan fingerprint density at radius 2 is 1.69 bits per heavy atom. The van der Waals surface area contributed by atoms with Gasteiger partial charge in [0.05, 0.1) is 0 Å². The van der Waals surface area contributed by atoms with Gasteiger partial charge in [0.1, 0.15) is 0 Å². The van der Waals surface area contributed by atoms with Crippen molar-refractivity contribution in [1.29, 1.82) is 0 Å². The lowest BCUT2D eigenvalue weighted by Crippen LogP contribution is -2.45. The van der Waals surface area contributed by atoms with Crippen molar-refractivity contribution in [2.45, 2.75) is 65.3 Å². The smallest absolute Gasteiger partial charge is 0.00526 e. The molecule has 0 heterocycles. The highest BCUT2D eigenvalue weighted by molar-refractivity contribution is 4.86. The van der Waals surface area contributed by atoms with E-state index in [1.54, 1.807) is 0 Å². The maximum Gasteiger partial charge on any atom is 0.00526 e. The van der Waals surface area contributed by atoms with E-state index in [1.807, 2.05) is 0 Å². The first-order chi connectivity index (χ1) is 7.63. The van der Waals surface area contributed by atoms with Crippen LogP contribution in [-0.2, 0) is 0 Å². The van der Waals surface area contributed by atoms with Crippen molar-refractivity contribution in [3.8, 4) is 0 Å². The standard InChI is InChI=1S/C14H30N2/c1-4-16(13(2)3)12-14(11-15)9-7-5-6-8-10-14/h13H,4-12,15H2,1-3H3. The van der Waals surface area contributed by atoms with Gasteiger partial charge in [-0.05, 0) is 45.2 Å². The lowest BCUT2D eigenvalue weighted by Gasteiger charge is -2.38. The quantitative estimate of drug-likeness (QED) is 0.730. The molecule has 0 aromatic rings. The van der Waals surface area contributed by atoms with Crippen molar-refractivity contribution in [1.82, 2.24) is 4.90 Å². The average Bonchev–Trinajstić information content (AvgIpc) is 2.51. The zero-order valence-electron chi connectivity index (χ0n) is 11.5. The van der Waals surface area contributed by atoms with Gasteiger partial charge in [0.15, 0.2) is 0 Å². The fourth-order valence-electron chi connectivity index (χ4n) is 3.00. The highest BCUT2D eigenvalue weighted by atomic mass is 15.1. The van der Waals surface area contributed by atoms with Crippen molar-refractivity contribution in [3.05, 3.63) is 0 Å². The maximum atomic E-state index is 6.08. The molecule has 0 aliphatic heterocycles. The van der Waals surface area contributed by atoms with Crippen LogP contribution in [0.2, 0.25) is 0 Å². The first kappa shape index (κ1) is 14.0. The topological polar surface area (TPSA) is 29.3 Å². The number of hydrogen-bond donors (Lipinski definition) is 1. The lowest BCUT2D eigenvalue weighted by molar-refractivity contribution is 0.116. The highest BCUT2D eigenvalue weighted by Gasteiger charge is 2.31. The van der Waals surface area contributed by atoms with Crippen LogP contribution in [0, 0.1) is 5.41 Å². The van der Waals surface area contributed by atoms with Gasteiger partial charge in [0.25, 0.3) is 0 Å². The second-order valence-corrected chi connectivity index (χ2v) is 5.78. The van der Waals surface area contributed by atoms with E-state index in [0.717, 1.165) is 13.1 Å². The molecule has 1 aliphatic rings. The predicted octanol–water partition coefficient (Wildman–Crippen LogP) is 3.02. The summed E-state index contributed by atoms with van der Waals surface area (Å²) in [5.74, 6) is 0. The molecule has 0 bridgehead atoms. The van der Waals surface area contributed by atoms with Crippen LogP contribution in [0.15, 0.2) is 0 Å². The van der Waals surface area contributed by atoms with Crippen LogP contribution < -0.4 is 5.73 Å². The molecule has 96 valence electrons. The Bertz CT molecular complexity index is 181. The largest absolute Gasteiger partial charge is 0.330 e. The fraction of sp³-hybridized carbons (Fsp3) is 1.00. The minimum Gasteiger partial charge on any atom is -0.330 e. The van der Waals surface area contributed by atoms with E-state index in [1.165, 1.54) is 45.1 Å². The number of nitrogens with two attached hydrogens (primary N) is 1. The van der Waals surface area contributed by atoms with Gasteiger partial charge in [0.2, 0.25) is 0 Å². The van der Waals surface area contributed by atoms with Crippen molar-refractivity contribution < 1.29 is 0 Å². The van der Waals surface area contributed by atoms with Crippen LogP contribution in [0.4, 0.5) is 0 Å². The van der Waals surface area contributed by atoms with Crippen molar-refractivity contribution in [2.24, 2.45) is 11.1 Å². The summed E-state index contributed by atoms with van der Waals surface area (Å²) in [7, 11) is 0. The SMILES string of the molecule is CCN(CC1(CN)CCCCCC1)C(C)C. The van der Waals surface area contributed by atoms with Gasteiger partial charge >= 0.3 is 0 Å². The normalized spacial score (nSPS) is 21.4. The summed E-state index contributed by atoms with van der Waals surface area (Å²) in [6, 6.07) is 0.650. The van der Waals surface area contributed by atoms with Crippen LogP contribution >= 0.6 is 0 Å². The Hall–Kier alpha value is -0.0800. The van der Waals surface area contributed by atoms with E-state index < -0.39 is 0 Å². The molecule has 1 saturated carbocycles. The Kier molecular flexibility index (Phi) is 5.77. The van der Waals surface area contributed by atoms with Gasteiger partial charge in [0, 0.05) is 12.6 Å². The van der Waals surface area contributed by atoms with Crippen LogP contribution in [0.5, 0.6) is 0 Å². The third kappa shape index (κ3) is 3.74. The summed E-state index contributed by atoms with van der Waals surface area (Å²) in [4.78, 5) is 2.58. The molecule has 1 aliphatic carbocycles. The fourth-order valence-corrected chi connectivity index (χ4v) is 3.00. The van der Waals surface area contributed by atoms with Crippen molar-refractivity contribution in [2.75, 3.05) is 19.6 Å². The van der Waals surface area contributed by atoms with E-state index in [2.05, 4.69) is 25.7 Å². The molecule has 1 rings (SSSR count). The Labute approximate surface area is 102 Å². The summed E-state index contributed by atoms with van der Waals surface area (Å²) in [6.07, 6.45) is 8.27. The van der Waals surface area contributed by atoms with Gasteiger partial charge in [-0.2, -0.15) is 0 Å². The average molecular weight is 226 g/mol. The van der Waals surface area contributed by atoms with Gasteiger partial charge in [-0.25, -0.2) is 0 Å². The second kappa shape index (κ2) is 6.61. The van der Waals surface area contributed by atoms with Gasteiger partial charge in [-0.1, -0.05) is 32.6 Å². The molecule has 16 heavy (non-hydrogen) atoms. The van der Waals surface area contributed by atoms with Gasteiger partial charge in [-0.3, -0.25) is 0 Å². The zero-order chi connectivity index (χ0) is 12.0. The molecule has 0 atom stereocenters. The summed E-state index contributed by atoms with van der Waals surface area (Å²) in [6.45, 7) is 10.1. The highest BCUT2D eigenvalue weighted by Crippen LogP contribution is 2.35. The monoisotopic (exact) mass is 226 g/mol. The Morgan fingerprint density at radius 3 is 2.06 bits per heavy atom. The van der Waals surface area contributed by atoms with E-state index in [4.69, 9.17) is 5.73 Å². The Morgan fingerprint density at radius 1 is 1.12 bits per heavy atom. The van der Waals surface area contributed by atoms with Gasteiger partial charge < -0.3 is 10.6 Å². The molecule has 0 spiro atoms. The zero-order valence-corrected chi connectivity index (χ0v) is 11.5. The molecular weight excluding hydrogens is 196 g/mol. The lowest BCUT2D eigenvalue weighted by atomic mass is 9.79. The molecule has 0 saturated heterocycles. The molecule has 0 amide bonds. The molecule has 0 aromatic heterocycles. The van der Waals surface area contributed by atoms with Crippen LogP contribution in [-0.4, -0.2) is 30.6 Å². The van der Waals surface area contributed by atoms with E-state index in [9.17, 15) is 0 Å². The van der Waals surface area contributed by atoms with Gasteiger partial charge in [-0.15, -0.1) is 0 Å². The number of nitrogens with zero attached hydrogens (tertiary/aromatic N) is 1. The van der Waals surface area contributed by atoms with E-state index >= 15 is 0 Å². The number of hydrogen-bond acceptors (Lipinski definition) is 2. The number of rotatable bonds is 5. The van der Waals surface area contributed by atoms with Crippen molar-refractivity contribution >= 4 is 0 Å². The molecule has 2 N–H and O–H groups in total. The first-order valence-corrected chi connectivity index (χ1v) is 7.07. The van der Waals surface area contributed by atoms with Crippen LogP contribution in [0.25, 0.3) is 0 Å². The van der Waals surface area contributed by atoms with Crippen molar-refractivity contribution in [3.63, 3.8) is 0 Å². The van der Waals surface area contributed by atoms with Crippen LogP contribution in [0.1, 0.15) is 59.3 Å². The maximum absolute atomic E-state index is 6.08. The first-order valence-electron chi connectivity index (χ1n) is 7.07. The predicted molar refractivity (Wildman–Crippen MR) is 71.6 cm³/mol. The minimum absolute atomic E-state index is 0.413. The molecular formula is C14H30N2. The summed E-state index contributed by atoms with van der Waals surface area (Å²) < 4.78 is 0. The summed E-state index contributed by atoms with van der Waals surface area (Å²) in [5, 5.41) is 0. The molecule has 0 unspecified atom stereocenters. The van der Waals surface area contributed by atoms with E-state index in [0.29, 0.717) is 11.5 Å². The molecule has 2 heteroatoms. The summed E-state index contributed by atoms with van der Waals surface area (Å²) in [5.41, 5.74) is 6.50. The molecule has 2 nitrogen and oxygen atoms in total. The summed E-state index contributed by atoms with van der Waals surface area (Å²) >= 11 is 0. The van der Waals surface area contributed by atoms with Crippen LogP contribution in [0.3, 0.4) is 0 Å². The second-order valence-electron chi connectivity index (χ2n) is 5.78. The van der Waals surface area contributed by atoms with E-state index in [-0.39, 0.29) is 0 Å². The third-order valence-electron chi connectivity index (χ3n) is 4.27. The Balaban J connectivity index is 2.62. The molecule has 1 fully saturated rings. The minimum atomic E-state index is 0.413. The third-order valence-corrected chi connectivity index (χ3v) is 4.27.